The fourth-order valence-corrected chi connectivity index (χ4v) is 4.73. The normalized spacial score (nSPS) is 26.8. The molecule has 2 saturated heterocycles. The Morgan fingerprint density at radius 1 is 1.22 bits per heavy atom. The number of allylic oxidation sites excluding steroid dienone is 3. The van der Waals surface area contributed by atoms with Crippen LogP contribution in [0.25, 0.3) is 5.57 Å². The van der Waals surface area contributed by atoms with Gasteiger partial charge in [-0.05, 0) is 68.8 Å². The highest BCUT2D eigenvalue weighted by atomic mass is 19.1. The monoisotopic (exact) mass is 447 g/mol. The SMILES string of the molecule is CCC(F)(CC)CN1CCC(COc2ccc(C3=CCC(C4OC4O)C=C3)c(F)c2)CC1. The summed E-state index contributed by atoms with van der Waals surface area (Å²) in [5, 5.41) is 9.39. The van der Waals surface area contributed by atoms with Crippen LogP contribution >= 0.6 is 0 Å². The van der Waals surface area contributed by atoms with Crippen LogP contribution in [0.3, 0.4) is 0 Å². The summed E-state index contributed by atoms with van der Waals surface area (Å²) in [5.74, 6) is 0.803. The van der Waals surface area contributed by atoms with E-state index in [0.717, 1.165) is 37.9 Å². The van der Waals surface area contributed by atoms with Gasteiger partial charge in [0, 0.05) is 24.1 Å². The van der Waals surface area contributed by atoms with Crippen LogP contribution in [0.1, 0.15) is 51.5 Å². The van der Waals surface area contributed by atoms with Crippen molar-refractivity contribution in [2.45, 2.75) is 64.0 Å². The van der Waals surface area contributed by atoms with Crippen LogP contribution < -0.4 is 4.74 Å². The van der Waals surface area contributed by atoms with E-state index < -0.39 is 12.0 Å². The summed E-state index contributed by atoms with van der Waals surface area (Å²) in [4.78, 5) is 2.23. The third-order valence-electron chi connectivity index (χ3n) is 7.27. The Bertz CT molecular complexity index is 843. The Morgan fingerprint density at radius 3 is 2.50 bits per heavy atom. The largest absolute Gasteiger partial charge is 0.493 e. The molecule has 32 heavy (non-hydrogen) atoms. The molecule has 2 fully saturated rings. The quantitative estimate of drug-likeness (QED) is 0.534. The van der Waals surface area contributed by atoms with Crippen molar-refractivity contribution in [2.75, 3.05) is 26.2 Å². The van der Waals surface area contributed by atoms with Crippen molar-refractivity contribution >= 4 is 5.57 Å². The maximum Gasteiger partial charge on any atom is 0.182 e. The number of aliphatic hydroxyl groups is 1. The van der Waals surface area contributed by atoms with Crippen LogP contribution in [0, 0.1) is 17.7 Å². The molecular formula is C26H35F2NO3. The third kappa shape index (κ3) is 5.59. The van der Waals surface area contributed by atoms with Crippen molar-refractivity contribution in [1.82, 2.24) is 4.90 Å². The van der Waals surface area contributed by atoms with Crippen LogP contribution in [0.5, 0.6) is 5.75 Å². The van der Waals surface area contributed by atoms with Gasteiger partial charge in [0.05, 0.1) is 6.61 Å². The number of hydrogen-bond donors (Lipinski definition) is 1. The van der Waals surface area contributed by atoms with Gasteiger partial charge in [0.15, 0.2) is 6.29 Å². The van der Waals surface area contributed by atoms with Crippen molar-refractivity contribution in [1.29, 1.82) is 0 Å². The molecular weight excluding hydrogens is 412 g/mol. The van der Waals surface area contributed by atoms with Crippen LogP contribution in [0.15, 0.2) is 36.4 Å². The van der Waals surface area contributed by atoms with E-state index in [9.17, 15) is 13.9 Å². The lowest BCUT2D eigenvalue weighted by Gasteiger charge is -2.36. The van der Waals surface area contributed by atoms with E-state index in [1.807, 2.05) is 38.1 Å². The van der Waals surface area contributed by atoms with Crippen LogP contribution in [0.2, 0.25) is 0 Å². The van der Waals surface area contributed by atoms with Crippen molar-refractivity contribution in [3.05, 3.63) is 47.8 Å². The van der Waals surface area contributed by atoms with E-state index in [1.54, 1.807) is 6.07 Å². The first-order valence-electron chi connectivity index (χ1n) is 12.0. The summed E-state index contributed by atoms with van der Waals surface area (Å²) in [6.45, 7) is 6.68. The number of halogens is 2. The number of likely N-dealkylation sites (tertiary alicyclic amines) is 1. The fraction of sp³-hybridized carbons (Fsp3) is 0.615. The van der Waals surface area contributed by atoms with Gasteiger partial charge in [-0.3, -0.25) is 0 Å². The Balaban J connectivity index is 1.24. The summed E-state index contributed by atoms with van der Waals surface area (Å²) in [6.07, 6.45) is 8.88. The van der Waals surface area contributed by atoms with Gasteiger partial charge in [0.25, 0.3) is 0 Å². The van der Waals surface area contributed by atoms with Crippen molar-refractivity contribution in [3.63, 3.8) is 0 Å². The van der Waals surface area contributed by atoms with Gasteiger partial charge in [0.1, 0.15) is 23.3 Å². The average molecular weight is 448 g/mol. The Labute approximate surface area is 189 Å². The number of ether oxygens (including phenoxy) is 2. The van der Waals surface area contributed by atoms with E-state index >= 15 is 0 Å². The number of alkyl halides is 1. The minimum absolute atomic E-state index is 0.130. The van der Waals surface area contributed by atoms with E-state index in [2.05, 4.69) is 4.90 Å². The van der Waals surface area contributed by atoms with Gasteiger partial charge in [0.2, 0.25) is 0 Å². The van der Waals surface area contributed by atoms with Crippen molar-refractivity contribution in [2.24, 2.45) is 11.8 Å². The minimum Gasteiger partial charge on any atom is -0.493 e. The molecule has 3 aliphatic rings. The Kier molecular flexibility index (Phi) is 7.33. The fourth-order valence-electron chi connectivity index (χ4n) is 4.73. The van der Waals surface area contributed by atoms with Crippen molar-refractivity contribution < 1.29 is 23.4 Å². The maximum absolute atomic E-state index is 14.7. The zero-order chi connectivity index (χ0) is 22.7. The lowest BCUT2D eigenvalue weighted by Crippen LogP contribution is -2.44. The first-order chi connectivity index (χ1) is 15.4. The summed E-state index contributed by atoms with van der Waals surface area (Å²) < 4.78 is 40.4. The molecule has 1 aromatic rings. The predicted molar refractivity (Wildman–Crippen MR) is 122 cm³/mol. The molecule has 6 heteroatoms. The van der Waals surface area contributed by atoms with E-state index in [-0.39, 0.29) is 17.8 Å². The molecule has 0 saturated carbocycles. The number of nitrogens with zero attached hydrogens (tertiary/aromatic N) is 1. The predicted octanol–water partition coefficient (Wildman–Crippen LogP) is 5.12. The van der Waals surface area contributed by atoms with Crippen LogP contribution in [-0.4, -0.2) is 54.3 Å². The van der Waals surface area contributed by atoms with E-state index in [0.29, 0.717) is 43.2 Å². The molecule has 0 bridgehead atoms. The number of piperidine rings is 1. The molecule has 0 radical (unpaired) electrons. The van der Waals surface area contributed by atoms with Gasteiger partial charge < -0.3 is 19.5 Å². The van der Waals surface area contributed by atoms with Gasteiger partial charge >= 0.3 is 0 Å². The number of epoxide rings is 1. The molecule has 3 unspecified atom stereocenters. The molecule has 1 N–H and O–H groups in total. The minimum atomic E-state index is -1.08. The van der Waals surface area contributed by atoms with Gasteiger partial charge in [-0.1, -0.05) is 32.1 Å². The smallest absolute Gasteiger partial charge is 0.182 e. The molecule has 1 aliphatic carbocycles. The third-order valence-corrected chi connectivity index (χ3v) is 7.27. The highest BCUT2D eigenvalue weighted by Gasteiger charge is 2.42. The van der Waals surface area contributed by atoms with Gasteiger partial charge in [-0.25, -0.2) is 8.78 Å². The van der Waals surface area contributed by atoms with E-state index in [4.69, 9.17) is 9.47 Å². The average Bonchev–Trinajstić information content (AvgIpc) is 3.55. The standard InChI is InChI=1S/C26H35F2NO3/c1-3-26(28,4-2)17-29-13-11-18(12-14-29)16-31-21-9-10-22(23(27)15-21)19-5-7-20(8-6-19)24-25(30)32-24/h5-7,9-10,15,18,20,24-25,30H,3-4,8,11-14,16-17H2,1-2H3. The molecule has 3 atom stereocenters. The molecule has 0 spiro atoms. The Morgan fingerprint density at radius 2 is 1.94 bits per heavy atom. The second-order valence-corrected chi connectivity index (χ2v) is 9.44. The molecule has 0 aromatic heterocycles. The van der Waals surface area contributed by atoms with Gasteiger partial charge in [-0.2, -0.15) is 0 Å². The summed E-state index contributed by atoms with van der Waals surface area (Å²) in [7, 11) is 0. The second kappa shape index (κ2) is 10.0. The lowest BCUT2D eigenvalue weighted by atomic mass is 9.91. The zero-order valence-corrected chi connectivity index (χ0v) is 19.1. The number of benzene rings is 1. The summed E-state index contributed by atoms with van der Waals surface area (Å²) in [5.41, 5.74) is 0.314. The van der Waals surface area contributed by atoms with Crippen molar-refractivity contribution in [3.8, 4) is 5.75 Å². The molecule has 1 aromatic carbocycles. The number of hydrogen-bond acceptors (Lipinski definition) is 4. The molecule has 4 nitrogen and oxygen atoms in total. The zero-order valence-electron chi connectivity index (χ0n) is 19.1. The summed E-state index contributed by atoms with van der Waals surface area (Å²) in [6, 6.07) is 5.05. The summed E-state index contributed by atoms with van der Waals surface area (Å²) >= 11 is 0. The molecule has 4 rings (SSSR count). The number of rotatable bonds is 9. The molecule has 0 amide bonds. The molecule has 2 heterocycles. The Hall–Kier alpha value is -1.76. The topological polar surface area (TPSA) is 45.2 Å². The highest BCUT2D eigenvalue weighted by molar-refractivity contribution is 5.75. The maximum atomic E-state index is 14.7. The van der Waals surface area contributed by atoms with Crippen LogP contribution in [0.4, 0.5) is 8.78 Å². The highest BCUT2D eigenvalue weighted by Crippen LogP contribution is 2.36. The van der Waals surface area contributed by atoms with Gasteiger partial charge in [-0.15, -0.1) is 0 Å². The molecule has 176 valence electrons. The first kappa shape index (κ1) is 23.4. The first-order valence-corrected chi connectivity index (χ1v) is 12.0. The molecule has 2 aliphatic heterocycles. The second-order valence-electron chi connectivity index (χ2n) is 9.44. The number of aliphatic hydroxyl groups excluding tert-OH is 1. The lowest BCUT2D eigenvalue weighted by molar-refractivity contribution is 0.0568. The van der Waals surface area contributed by atoms with Crippen LogP contribution in [-0.2, 0) is 4.74 Å². The van der Waals surface area contributed by atoms with E-state index in [1.165, 1.54) is 6.07 Å².